The number of carboxylic acids is 1. The molecule has 0 spiro atoms. The Bertz CT molecular complexity index is 1780. The van der Waals surface area contributed by atoms with Crippen molar-refractivity contribution in [1.29, 1.82) is 0 Å². The van der Waals surface area contributed by atoms with Crippen LogP contribution in [-0.4, -0.2) is 64.6 Å². The monoisotopic (exact) mass is 564 g/mol. The van der Waals surface area contributed by atoms with Gasteiger partial charge in [0.2, 0.25) is 0 Å². The molecule has 1 amide bonds. The zero-order chi connectivity index (χ0) is 29.2. The first-order chi connectivity index (χ1) is 20.4. The van der Waals surface area contributed by atoms with Crippen LogP contribution in [0.15, 0.2) is 84.9 Å². The Labute approximate surface area is 242 Å². The number of aromatic carboxylic acids is 1. The van der Waals surface area contributed by atoms with Gasteiger partial charge in [0.1, 0.15) is 28.8 Å². The van der Waals surface area contributed by atoms with Gasteiger partial charge in [-0.25, -0.2) is 14.2 Å². The van der Waals surface area contributed by atoms with Gasteiger partial charge in [0.15, 0.2) is 0 Å². The van der Waals surface area contributed by atoms with Crippen LogP contribution in [0.1, 0.15) is 27.8 Å². The van der Waals surface area contributed by atoms with Gasteiger partial charge in [-0.2, -0.15) is 0 Å². The predicted molar refractivity (Wildman–Crippen MR) is 160 cm³/mol. The van der Waals surface area contributed by atoms with Crippen LogP contribution in [0.5, 0.6) is 5.75 Å². The number of imidazole rings is 1. The molecule has 6 rings (SSSR count). The minimum Gasteiger partial charge on any atom is -0.494 e. The molecule has 0 saturated carbocycles. The second-order valence-corrected chi connectivity index (χ2v) is 10.1. The molecule has 1 saturated heterocycles. The average Bonchev–Trinajstić information content (AvgIpc) is 3.46. The lowest BCUT2D eigenvalue weighted by atomic mass is 10.0. The third kappa shape index (κ3) is 5.28. The van der Waals surface area contributed by atoms with Crippen molar-refractivity contribution in [1.82, 2.24) is 14.9 Å². The highest BCUT2D eigenvalue weighted by atomic mass is 19.1. The number of hydrogen-bond acceptors (Lipinski definition) is 5. The summed E-state index contributed by atoms with van der Waals surface area (Å²) >= 11 is 0. The van der Waals surface area contributed by atoms with Gasteiger partial charge in [-0.1, -0.05) is 36.4 Å². The number of hydrogen-bond donors (Lipinski definition) is 2. The molecule has 2 heterocycles. The van der Waals surface area contributed by atoms with Crippen LogP contribution in [0.3, 0.4) is 0 Å². The predicted octanol–water partition coefficient (Wildman–Crippen LogP) is 6.10. The molecule has 2 N–H and O–H groups in total. The Kier molecular flexibility index (Phi) is 7.31. The number of benzene rings is 4. The number of H-pyrrole nitrogens is 1. The lowest BCUT2D eigenvalue weighted by Crippen LogP contribution is -2.49. The highest BCUT2D eigenvalue weighted by Gasteiger charge is 2.28. The molecule has 42 heavy (non-hydrogen) atoms. The molecule has 1 aromatic heterocycles. The van der Waals surface area contributed by atoms with E-state index in [4.69, 9.17) is 9.72 Å². The van der Waals surface area contributed by atoms with Crippen LogP contribution < -0.4 is 9.64 Å². The number of carboxylic acid groups (broad SMARTS) is 1. The summed E-state index contributed by atoms with van der Waals surface area (Å²) in [5.41, 5.74) is 3.29. The van der Waals surface area contributed by atoms with Gasteiger partial charge >= 0.3 is 5.97 Å². The molecule has 1 aliphatic heterocycles. The summed E-state index contributed by atoms with van der Waals surface area (Å²) in [6.45, 7) is 4.37. The van der Waals surface area contributed by atoms with Crippen molar-refractivity contribution in [2.24, 2.45) is 0 Å². The number of nitrogens with zero attached hydrogens (tertiary/aromatic N) is 3. The Morgan fingerprint density at radius 1 is 0.929 bits per heavy atom. The molecule has 5 aromatic rings. The second-order valence-electron chi connectivity index (χ2n) is 10.1. The zero-order valence-electron chi connectivity index (χ0n) is 23.0. The number of aromatic amines is 1. The maximum Gasteiger partial charge on any atom is 0.336 e. The van der Waals surface area contributed by atoms with Crippen LogP contribution in [0, 0.1) is 5.82 Å². The van der Waals surface area contributed by atoms with Crippen molar-refractivity contribution >= 4 is 28.3 Å². The van der Waals surface area contributed by atoms with E-state index in [-0.39, 0.29) is 17.3 Å². The fourth-order valence-corrected chi connectivity index (χ4v) is 5.36. The van der Waals surface area contributed by atoms with Gasteiger partial charge in [-0.15, -0.1) is 0 Å². The minimum atomic E-state index is -0.973. The minimum absolute atomic E-state index is 0.197. The van der Waals surface area contributed by atoms with Crippen molar-refractivity contribution in [2.45, 2.75) is 6.92 Å². The van der Waals surface area contributed by atoms with Crippen LogP contribution in [0.25, 0.3) is 33.4 Å². The first kappa shape index (κ1) is 27.0. The third-order valence-corrected chi connectivity index (χ3v) is 7.46. The summed E-state index contributed by atoms with van der Waals surface area (Å²) in [5, 5.41) is 11.4. The number of piperazine rings is 1. The largest absolute Gasteiger partial charge is 0.494 e. The second kappa shape index (κ2) is 11.4. The van der Waals surface area contributed by atoms with Crippen molar-refractivity contribution < 1.29 is 23.8 Å². The Hall–Kier alpha value is -5.18. The summed E-state index contributed by atoms with van der Waals surface area (Å²) in [6, 6.07) is 24.5. The lowest BCUT2D eigenvalue weighted by Gasteiger charge is -2.36. The fraction of sp³-hybridized carbons (Fsp3) is 0.182. The summed E-state index contributed by atoms with van der Waals surface area (Å²) in [5.74, 6) is -0.391. The number of ether oxygens (including phenoxy) is 1. The molecule has 212 valence electrons. The normalized spacial score (nSPS) is 13.4. The van der Waals surface area contributed by atoms with E-state index in [1.54, 1.807) is 23.1 Å². The van der Waals surface area contributed by atoms with E-state index in [0.29, 0.717) is 66.7 Å². The topological polar surface area (TPSA) is 98.8 Å². The number of anilines is 1. The van der Waals surface area contributed by atoms with Crippen LogP contribution >= 0.6 is 0 Å². The number of rotatable bonds is 7. The smallest absolute Gasteiger partial charge is 0.336 e. The van der Waals surface area contributed by atoms with Crippen LogP contribution in [0.2, 0.25) is 0 Å². The highest BCUT2D eigenvalue weighted by molar-refractivity contribution is 6.05. The molecule has 8 nitrogen and oxygen atoms in total. The summed E-state index contributed by atoms with van der Waals surface area (Å²) in [7, 11) is 0. The molecule has 0 radical (unpaired) electrons. The Balaban J connectivity index is 1.28. The number of amides is 1. The Morgan fingerprint density at radius 2 is 1.69 bits per heavy atom. The van der Waals surface area contributed by atoms with Crippen LogP contribution in [-0.2, 0) is 0 Å². The first-order valence-electron chi connectivity index (χ1n) is 13.8. The third-order valence-electron chi connectivity index (χ3n) is 7.46. The van der Waals surface area contributed by atoms with Gasteiger partial charge in [0, 0.05) is 43.0 Å². The van der Waals surface area contributed by atoms with Crippen molar-refractivity contribution in [2.75, 3.05) is 37.7 Å². The van der Waals surface area contributed by atoms with Gasteiger partial charge in [0.25, 0.3) is 5.91 Å². The Morgan fingerprint density at radius 3 is 2.43 bits per heavy atom. The lowest BCUT2D eigenvalue weighted by molar-refractivity contribution is 0.0698. The molecule has 9 heteroatoms. The zero-order valence-corrected chi connectivity index (χ0v) is 23.0. The van der Waals surface area contributed by atoms with Crippen molar-refractivity contribution in [3.8, 4) is 28.4 Å². The quantitative estimate of drug-likeness (QED) is 0.248. The van der Waals surface area contributed by atoms with E-state index in [1.165, 1.54) is 12.1 Å². The molecular formula is C33H29FN4O4. The van der Waals surface area contributed by atoms with Gasteiger partial charge in [-0.05, 0) is 66.2 Å². The number of carbonyl (C=O) groups excluding carboxylic acids is 1. The number of carbonyl (C=O) groups is 2. The van der Waals surface area contributed by atoms with E-state index in [9.17, 15) is 19.1 Å². The SMILES string of the molecule is CCOc1cccc(-c2nc(-c3ccc(F)cc3)[nH]c2C(=O)N2CCN(c3cc(C(=O)O)c4ccccc4c3)CC2)c1. The summed E-state index contributed by atoms with van der Waals surface area (Å²) < 4.78 is 19.3. The summed E-state index contributed by atoms with van der Waals surface area (Å²) in [6.07, 6.45) is 0. The number of halogens is 1. The van der Waals surface area contributed by atoms with E-state index < -0.39 is 5.97 Å². The van der Waals surface area contributed by atoms with Gasteiger partial charge < -0.3 is 24.6 Å². The molecule has 0 atom stereocenters. The van der Waals surface area contributed by atoms with Crippen LogP contribution in [0.4, 0.5) is 10.1 Å². The van der Waals surface area contributed by atoms with Gasteiger partial charge in [-0.3, -0.25) is 4.79 Å². The fourth-order valence-electron chi connectivity index (χ4n) is 5.36. The number of fused-ring (bicyclic) bond motifs is 1. The molecule has 0 unspecified atom stereocenters. The first-order valence-corrected chi connectivity index (χ1v) is 13.8. The van der Waals surface area contributed by atoms with E-state index in [0.717, 1.165) is 16.6 Å². The standard InChI is InChI=1S/C33H29FN4O4/c1-2-42-26-8-5-7-23(19-26)29-30(36-31(35-29)21-10-12-24(34)13-11-21)32(39)38-16-14-37(15-17-38)25-18-22-6-3-4-9-27(22)28(20-25)33(40)41/h3-13,18-20H,2,14-17H2,1H3,(H,35,36)(H,40,41). The summed E-state index contributed by atoms with van der Waals surface area (Å²) in [4.78, 5) is 37.7. The maximum absolute atomic E-state index is 13.9. The van der Waals surface area contributed by atoms with Crippen molar-refractivity contribution in [3.05, 3.63) is 102 Å². The van der Waals surface area contributed by atoms with E-state index in [1.807, 2.05) is 61.5 Å². The van der Waals surface area contributed by atoms with E-state index >= 15 is 0 Å². The highest BCUT2D eigenvalue weighted by Crippen LogP contribution is 2.31. The van der Waals surface area contributed by atoms with E-state index in [2.05, 4.69) is 9.88 Å². The number of aromatic nitrogens is 2. The maximum atomic E-state index is 13.9. The molecule has 1 aliphatic rings. The molecule has 0 bridgehead atoms. The van der Waals surface area contributed by atoms with Crippen molar-refractivity contribution in [3.63, 3.8) is 0 Å². The molecule has 0 aliphatic carbocycles. The average molecular weight is 565 g/mol. The molecular weight excluding hydrogens is 535 g/mol. The molecule has 4 aromatic carbocycles. The van der Waals surface area contributed by atoms with Gasteiger partial charge in [0.05, 0.1) is 12.2 Å². The number of nitrogens with one attached hydrogen (secondary N) is 1. The molecule has 1 fully saturated rings.